The predicted octanol–water partition coefficient (Wildman–Crippen LogP) is -4.50. The van der Waals surface area contributed by atoms with Crippen LogP contribution in [0.1, 0.15) is 4.28 Å². The molecule has 0 aromatic rings. The van der Waals surface area contributed by atoms with Crippen molar-refractivity contribution in [1.29, 1.82) is 0 Å². The summed E-state index contributed by atoms with van der Waals surface area (Å²) in [6.07, 6.45) is -2.25. The molecule has 1 aliphatic rings. The van der Waals surface area contributed by atoms with Crippen LogP contribution < -0.4 is 29.6 Å². The molecule has 0 aliphatic carbocycles. The summed E-state index contributed by atoms with van der Waals surface area (Å²) in [5.74, 6) is 0. The van der Waals surface area contributed by atoms with Gasteiger partial charge in [-0.1, -0.05) is 0 Å². The van der Waals surface area contributed by atoms with Gasteiger partial charge in [-0.05, 0) is 0 Å². The quantitative estimate of drug-likeness (QED) is 0.149. The molecule has 0 aromatic heterocycles. The Morgan fingerprint density at radius 3 is 1.43 bits per heavy atom. The third kappa shape index (κ3) is 5.48. The van der Waals surface area contributed by atoms with Crippen molar-refractivity contribution in [2.75, 3.05) is 0 Å². The van der Waals surface area contributed by atoms with Gasteiger partial charge in [0.2, 0.25) is 0 Å². The summed E-state index contributed by atoms with van der Waals surface area (Å²) < 4.78 is 0. The van der Waals surface area contributed by atoms with Crippen molar-refractivity contribution in [3.05, 3.63) is 0 Å². The van der Waals surface area contributed by atoms with Crippen molar-refractivity contribution < 1.29 is 53.8 Å². The number of aliphatic hydroxyl groups is 2. The average Bonchev–Trinajstić information content (AvgIpc) is 1.76. The Hall–Kier alpha value is 1.61. The minimum absolute atomic E-state index is 0. The molecule has 1 aliphatic heterocycles. The van der Waals surface area contributed by atoms with Crippen LogP contribution in [0.4, 0.5) is 0 Å². The van der Waals surface area contributed by atoms with Crippen LogP contribution in [-0.4, -0.2) is 39.4 Å². The van der Waals surface area contributed by atoms with Crippen molar-refractivity contribution in [1.82, 2.24) is 0 Å². The Morgan fingerprint density at radius 2 is 1.43 bits per heavy atom. The predicted molar refractivity (Wildman–Crippen MR) is 18.4 cm³/mol. The zero-order valence-corrected chi connectivity index (χ0v) is 7.33. The first-order chi connectivity index (χ1) is 2.21. The second-order valence-electron chi connectivity index (χ2n) is 0.715. The smallest absolute Gasteiger partial charge is 1.00 e. The number of hydrogen-bond donors (Lipinski definition) is 2. The SMILES string of the molecule is OC1(O)OO1.[H-].[H-].[H-].[Mg+2].[Na+]. The van der Waals surface area contributed by atoms with Gasteiger partial charge in [0.15, 0.2) is 0 Å². The van der Waals surface area contributed by atoms with Crippen LogP contribution in [0.3, 0.4) is 0 Å². The van der Waals surface area contributed by atoms with E-state index in [0.717, 1.165) is 0 Å². The maximum Gasteiger partial charge on any atom is 2.00 e. The summed E-state index contributed by atoms with van der Waals surface area (Å²) in [5.41, 5.74) is 0. The molecule has 0 bridgehead atoms. The fourth-order valence-electron chi connectivity index (χ4n) is 0.0373. The first-order valence-electron chi connectivity index (χ1n) is 1.02. The van der Waals surface area contributed by atoms with Crippen molar-refractivity contribution in [2.24, 2.45) is 0 Å². The molecule has 1 heterocycles. The molecule has 36 valence electrons. The summed E-state index contributed by atoms with van der Waals surface area (Å²) in [6, 6.07) is 0. The fourth-order valence-corrected chi connectivity index (χ4v) is 0.0373. The van der Waals surface area contributed by atoms with E-state index in [-0.39, 0.29) is 56.9 Å². The molecule has 4 nitrogen and oxygen atoms in total. The third-order valence-electron chi connectivity index (χ3n) is 0.232. The number of rotatable bonds is 0. The normalized spacial score (nSPS) is 21.4. The molecule has 6 heteroatoms. The zero-order chi connectivity index (χ0) is 3.91. The van der Waals surface area contributed by atoms with E-state index < -0.39 is 6.16 Å². The molecule has 0 amide bonds. The molecule has 1 rings (SSSR count). The van der Waals surface area contributed by atoms with E-state index in [4.69, 9.17) is 10.2 Å². The van der Waals surface area contributed by atoms with Crippen LogP contribution in [0.2, 0.25) is 0 Å². The van der Waals surface area contributed by atoms with Crippen LogP contribution in [0, 0.1) is 0 Å². The van der Waals surface area contributed by atoms with Crippen molar-refractivity contribution in [2.45, 2.75) is 6.16 Å². The molecule has 1 saturated heterocycles. The van der Waals surface area contributed by atoms with Crippen LogP contribution in [0.15, 0.2) is 0 Å². The molecule has 0 atom stereocenters. The van der Waals surface area contributed by atoms with Gasteiger partial charge in [-0.15, -0.1) is 9.78 Å². The van der Waals surface area contributed by atoms with Crippen LogP contribution in [0.25, 0.3) is 0 Å². The first kappa shape index (κ1) is 11.4. The summed E-state index contributed by atoms with van der Waals surface area (Å²) in [6.45, 7) is 0. The first-order valence-corrected chi connectivity index (χ1v) is 1.02. The van der Waals surface area contributed by atoms with Crippen molar-refractivity contribution in [3.63, 3.8) is 0 Å². The zero-order valence-electron chi connectivity index (χ0n) is 6.92. The van der Waals surface area contributed by atoms with Gasteiger partial charge < -0.3 is 14.5 Å². The van der Waals surface area contributed by atoms with Gasteiger partial charge in [-0.25, -0.2) is 0 Å². The van der Waals surface area contributed by atoms with E-state index in [2.05, 4.69) is 9.78 Å². The average molecular weight is 128 g/mol. The van der Waals surface area contributed by atoms with Gasteiger partial charge in [-0.2, -0.15) is 0 Å². The Morgan fingerprint density at radius 1 is 1.29 bits per heavy atom. The van der Waals surface area contributed by atoms with E-state index >= 15 is 0 Å². The Kier molecular flexibility index (Phi) is 5.86. The van der Waals surface area contributed by atoms with E-state index in [1.165, 1.54) is 0 Å². The minimum Gasteiger partial charge on any atom is -1.00 e. The van der Waals surface area contributed by atoms with E-state index in [1.807, 2.05) is 0 Å². The molecular weight excluding hydrogens is 123 g/mol. The third-order valence-corrected chi connectivity index (χ3v) is 0.232. The molecule has 0 spiro atoms. The maximum atomic E-state index is 7.74. The van der Waals surface area contributed by atoms with Crippen molar-refractivity contribution in [3.8, 4) is 0 Å². The van der Waals surface area contributed by atoms with Crippen LogP contribution in [-0.2, 0) is 9.78 Å². The monoisotopic (exact) mass is 128 g/mol. The molecule has 0 aromatic carbocycles. The second-order valence-corrected chi connectivity index (χ2v) is 0.715. The van der Waals surface area contributed by atoms with Gasteiger partial charge in [0.05, 0.1) is 0 Å². The van der Waals surface area contributed by atoms with Gasteiger partial charge in [0, 0.05) is 0 Å². The molecule has 1 fully saturated rings. The standard InChI is InChI=1S/CH2O4.Mg.Na.3H/c2-1(3)4-5-1;;;;;/h2-3H;;;;;/q;+2;+1;3*-1. The molecule has 7 heavy (non-hydrogen) atoms. The molecular formula is CH5MgNaO4. The van der Waals surface area contributed by atoms with E-state index in [0.29, 0.717) is 0 Å². The van der Waals surface area contributed by atoms with Crippen molar-refractivity contribution >= 4 is 23.1 Å². The molecule has 0 saturated carbocycles. The van der Waals surface area contributed by atoms with Gasteiger partial charge in [0.25, 0.3) is 0 Å². The van der Waals surface area contributed by atoms with Crippen LogP contribution >= 0.6 is 0 Å². The molecule has 0 unspecified atom stereocenters. The fraction of sp³-hybridized carbons (Fsp3) is 1.00. The summed E-state index contributed by atoms with van der Waals surface area (Å²) in [4.78, 5) is 7.01. The van der Waals surface area contributed by atoms with Gasteiger partial charge >= 0.3 is 58.8 Å². The minimum atomic E-state index is -2.25. The summed E-state index contributed by atoms with van der Waals surface area (Å²) in [7, 11) is 0. The Labute approximate surface area is 82.6 Å². The Bertz CT molecular complexity index is 58.5. The molecule has 0 radical (unpaired) electrons. The van der Waals surface area contributed by atoms with Gasteiger partial charge in [-0.3, -0.25) is 0 Å². The summed E-state index contributed by atoms with van der Waals surface area (Å²) in [5, 5.41) is 15.5. The largest absolute Gasteiger partial charge is 2.00 e. The maximum absolute atomic E-state index is 7.74. The Balaban J connectivity index is -0.0000000167. The second kappa shape index (κ2) is 3.60. The van der Waals surface area contributed by atoms with E-state index in [1.54, 1.807) is 0 Å². The van der Waals surface area contributed by atoms with Crippen LogP contribution in [0.5, 0.6) is 0 Å². The summed E-state index contributed by atoms with van der Waals surface area (Å²) >= 11 is 0. The number of hydrogen-bond acceptors (Lipinski definition) is 4. The van der Waals surface area contributed by atoms with E-state index in [9.17, 15) is 0 Å². The molecule has 2 N–H and O–H groups in total. The topological polar surface area (TPSA) is 65.5 Å². The van der Waals surface area contributed by atoms with Gasteiger partial charge in [0.1, 0.15) is 0 Å².